The average Bonchev–Trinajstić information content (AvgIpc) is 3.20. The second kappa shape index (κ2) is 8.39. The molecule has 0 saturated carbocycles. The fourth-order valence-electron chi connectivity index (χ4n) is 3.15. The highest BCUT2D eigenvalue weighted by atomic mass is 32.1. The Hall–Kier alpha value is -3.27. The first-order valence-corrected chi connectivity index (χ1v) is 9.87. The van der Waals surface area contributed by atoms with Crippen LogP contribution >= 0.6 is 11.7 Å². The molecule has 29 heavy (non-hydrogen) atoms. The highest BCUT2D eigenvalue weighted by molar-refractivity contribution is 7.00. The number of anilines is 2. The number of rotatable bonds is 4. The van der Waals surface area contributed by atoms with E-state index in [-0.39, 0.29) is 24.3 Å². The number of carbonyl (C=O) groups is 2. The van der Waals surface area contributed by atoms with E-state index in [9.17, 15) is 14.0 Å². The molecule has 0 bridgehead atoms. The lowest BCUT2D eigenvalue weighted by Gasteiger charge is -2.36. The number of carbonyl (C=O) groups excluding carboxylic acids is 2. The molecular weight excluding hydrogens is 395 g/mol. The Morgan fingerprint density at radius 3 is 2.48 bits per heavy atom. The lowest BCUT2D eigenvalue weighted by molar-refractivity contribution is -0.115. The molecule has 0 radical (unpaired) electrons. The number of fused-ring (bicyclic) bond motifs is 1. The molecule has 0 aliphatic carbocycles. The third-order valence-corrected chi connectivity index (χ3v) is 5.25. The van der Waals surface area contributed by atoms with E-state index in [1.54, 1.807) is 35.2 Å². The lowest BCUT2D eigenvalue weighted by atomic mass is 10.2. The van der Waals surface area contributed by atoms with Crippen molar-refractivity contribution in [3.63, 3.8) is 0 Å². The van der Waals surface area contributed by atoms with Gasteiger partial charge < -0.3 is 20.4 Å². The molecule has 3 aromatic rings. The van der Waals surface area contributed by atoms with Crippen LogP contribution in [0.2, 0.25) is 0 Å². The van der Waals surface area contributed by atoms with E-state index in [2.05, 4.69) is 24.3 Å². The highest BCUT2D eigenvalue weighted by Crippen LogP contribution is 2.18. The molecule has 2 aromatic carbocycles. The summed E-state index contributed by atoms with van der Waals surface area (Å²) in [6, 6.07) is 11.3. The summed E-state index contributed by atoms with van der Waals surface area (Å²) >= 11 is 1.11. The van der Waals surface area contributed by atoms with Crippen molar-refractivity contribution in [3.8, 4) is 0 Å². The van der Waals surface area contributed by atoms with Crippen molar-refractivity contribution in [2.24, 2.45) is 0 Å². The van der Waals surface area contributed by atoms with Crippen LogP contribution in [0.3, 0.4) is 0 Å². The number of aromatic nitrogens is 2. The van der Waals surface area contributed by atoms with Gasteiger partial charge in [0.25, 0.3) is 0 Å². The van der Waals surface area contributed by atoms with Gasteiger partial charge in [-0.15, -0.1) is 0 Å². The van der Waals surface area contributed by atoms with Gasteiger partial charge in [-0.1, -0.05) is 0 Å². The Bertz CT molecular complexity index is 1020. The monoisotopic (exact) mass is 414 g/mol. The largest absolute Gasteiger partial charge is 0.368 e. The zero-order valence-electron chi connectivity index (χ0n) is 15.5. The van der Waals surface area contributed by atoms with Gasteiger partial charge in [0.05, 0.1) is 18.3 Å². The van der Waals surface area contributed by atoms with E-state index >= 15 is 0 Å². The van der Waals surface area contributed by atoms with E-state index in [1.165, 1.54) is 12.1 Å². The zero-order valence-corrected chi connectivity index (χ0v) is 16.3. The van der Waals surface area contributed by atoms with Crippen molar-refractivity contribution in [1.82, 2.24) is 19.0 Å². The Kier molecular flexibility index (Phi) is 5.52. The van der Waals surface area contributed by atoms with Crippen LogP contribution in [-0.2, 0) is 4.79 Å². The fourth-order valence-corrected chi connectivity index (χ4v) is 3.67. The number of benzene rings is 2. The van der Waals surface area contributed by atoms with Crippen LogP contribution in [0.25, 0.3) is 11.0 Å². The van der Waals surface area contributed by atoms with Gasteiger partial charge in [-0.05, 0) is 42.5 Å². The number of halogens is 1. The van der Waals surface area contributed by atoms with Gasteiger partial charge in [-0.3, -0.25) is 4.79 Å². The molecule has 1 aliphatic heterocycles. The van der Waals surface area contributed by atoms with Crippen LogP contribution in [0.5, 0.6) is 0 Å². The molecule has 0 unspecified atom stereocenters. The summed E-state index contributed by atoms with van der Waals surface area (Å²) in [4.78, 5) is 28.2. The Morgan fingerprint density at radius 1 is 1.00 bits per heavy atom. The van der Waals surface area contributed by atoms with Crippen molar-refractivity contribution in [3.05, 3.63) is 48.3 Å². The average molecular weight is 414 g/mol. The van der Waals surface area contributed by atoms with Crippen molar-refractivity contribution in [2.45, 2.75) is 0 Å². The van der Waals surface area contributed by atoms with Crippen LogP contribution in [0, 0.1) is 5.82 Å². The van der Waals surface area contributed by atoms with Gasteiger partial charge in [0.1, 0.15) is 16.9 Å². The molecule has 0 spiro atoms. The maximum Gasteiger partial charge on any atom is 0.317 e. The minimum atomic E-state index is -0.314. The fraction of sp³-hybridized carbons (Fsp3) is 0.263. The molecule has 4 rings (SSSR count). The maximum absolute atomic E-state index is 13.0. The van der Waals surface area contributed by atoms with Crippen LogP contribution in [0.15, 0.2) is 42.5 Å². The first-order valence-electron chi connectivity index (χ1n) is 9.14. The minimum absolute atomic E-state index is 0.121. The Labute approximate surface area is 170 Å². The molecule has 8 nitrogen and oxygen atoms in total. The third-order valence-electron chi connectivity index (χ3n) is 4.70. The summed E-state index contributed by atoms with van der Waals surface area (Å²) in [5.74, 6) is -0.584. The summed E-state index contributed by atoms with van der Waals surface area (Å²) in [6.07, 6.45) is 0. The van der Waals surface area contributed by atoms with Gasteiger partial charge in [-0.2, -0.15) is 8.75 Å². The number of hydrogen-bond acceptors (Lipinski definition) is 6. The number of nitrogens with zero attached hydrogens (tertiary/aromatic N) is 4. The van der Waals surface area contributed by atoms with Crippen molar-refractivity contribution >= 4 is 46.1 Å². The maximum atomic E-state index is 13.0. The van der Waals surface area contributed by atoms with E-state index in [0.29, 0.717) is 31.9 Å². The lowest BCUT2D eigenvalue weighted by Crippen LogP contribution is -2.52. The van der Waals surface area contributed by atoms with Gasteiger partial charge in [-0.25, -0.2) is 9.18 Å². The summed E-state index contributed by atoms with van der Waals surface area (Å²) in [6.45, 7) is 2.22. The van der Waals surface area contributed by atoms with E-state index in [1.807, 2.05) is 0 Å². The molecule has 1 aromatic heterocycles. The van der Waals surface area contributed by atoms with Crippen LogP contribution in [-0.4, -0.2) is 58.3 Å². The summed E-state index contributed by atoms with van der Waals surface area (Å²) < 4.78 is 21.3. The molecule has 3 amide bonds. The van der Waals surface area contributed by atoms with E-state index < -0.39 is 0 Å². The minimum Gasteiger partial charge on any atom is -0.368 e. The number of urea groups is 1. The van der Waals surface area contributed by atoms with Gasteiger partial charge >= 0.3 is 6.03 Å². The van der Waals surface area contributed by atoms with Gasteiger partial charge in [0.2, 0.25) is 5.91 Å². The van der Waals surface area contributed by atoms with Crippen LogP contribution < -0.4 is 15.5 Å². The van der Waals surface area contributed by atoms with Crippen LogP contribution in [0.4, 0.5) is 20.6 Å². The Balaban J connectivity index is 1.23. The van der Waals surface area contributed by atoms with Crippen molar-refractivity contribution < 1.29 is 14.0 Å². The van der Waals surface area contributed by atoms with Gasteiger partial charge in [0, 0.05) is 37.6 Å². The number of nitrogens with one attached hydrogen (secondary N) is 2. The molecule has 10 heteroatoms. The predicted octanol–water partition coefficient (Wildman–Crippen LogP) is 2.30. The topological polar surface area (TPSA) is 90.5 Å². The molecule has 1 fully saturated rings. The highest BCUT2D eigenvalue weighted by Gasteiger charge is 2.21. The smallest absolute Gasteiger partial charge is 0.317 e. The molecule has 2 heterocycles. The molecule has 0 atom stereocenters. The SMILES string of the molecule is O=C(CNC(=O)N1CCN(c2ccc(F)cc2)CC1)Nc1ccc2nsnc2c1. The zero-order chi connectivity index (χ0) is 20.2. The molecular formula is C19H19FN6O2S. The van der Waals surface area contributed by atoms with Crippen molar-refractivity contribution in [1.29, 1.82) is 0 Å². The Morgan fingerprint density at radius 2 is 1.72 bits per heavy atom. The number of hydrogen-bond donors (Lipinski definition) is 2. The number of piperazine rings is 1. The van der Waals surface area contributed by atoms with Crippen molar-refractivity contribution in [2.75, 3.05) is 42.9 Å². The normalized spacial score (nSPS) is 14.1. The second-order valence-electron chi connectivity index (χ2n) is 6.63. The third kappa shape index (κ3) is 4.60. The molecule has 2 N–H and O–H groups in total. The first kappa shape index (κ1) is 19.1. The van der Waals surface area contributed by atoms with Crippen LogP contribution in [0.1, 0.15) is 0 Å². The molecule has 1 aliphatic rings. The standard InChI is InChI=1S/C19H19FN6O2S/c20-13-1-4-15(5-2-13)25-7-9-26(10-8-25)19(28)21-12-18(27)22-14-3-6-16-17(11-14)24-29-23-16/h1-6,11H,7-10,12H2,(H,21,28)(H,22,27). The summed E-state index contributed by atoms with van der Waals surface area (Å²) in [7, 11) is 0. The first-order chi connectivity index (χ1) is 14.1. The molecule has 1 saturated heterocycles. The summed E-state index contributed by atoms with van der Waals surface area (Å²) in [5.41, 5.74) is 3.03. The predicted molar refractivity (Wildman–Crippen MR) is 110 cm³/mol. The molecule has 150 valence electrons. The number of amides is 3. The van der Waals surface area contributed by atoms with Gasteiger partial charge in [0.15, 0.2) is 0 Å². The van der Waals surface area contributed by atoms with E-state index in [0.717, 1.165) is 28.4 Å². The summed E-state index contributed by atoms with van der Waals surface area (Å²) in [5, 5.41) is 5.39. The second-order valence-corrected chi connectivity index (χ2v) is 7.15. The quantitative estimate of drug-likeness (QED) is 0.684. The van der Waals surface area contributed by atoms with E-state index in [4.69, 9.17) is 0 Å².